The smallest absolute Gasteiger partial charge is 0.276 e. The summed E-state index contributed by atoms with van der Waals surface area (Å²) in [5.41, 5.74) is 2.33. The van der Waals surface area contributed by atoms with E-state index in [1.165, 1.54) is 18.2 Å². The van der Waals surface area contributed by atoms with Crippen LogP contribution in [0.15, 0.2) is 42.5 Å². The first-order chi connectivity index (χ1) is 10.5. The van der Waals surface area contributed by atoms with Gasteiger partial charge in [0.2, 0.25) is 0 Å². The number of fused-ring (bicyclic) bond motifs is 1. The Labute approximate surface area is 125 Å². The Morgan fingerprint density at radius 3 is 2.64 bits per heavy atom. The van der Waals surface area contributed by atoms with E-state index < -0.39 is 10.8 Å². The second kappa shape index (κ2) is 5.28. The lowest BCUT2D eigenvalue weighted by atomic mass is 10.1. The molecule has 3 rings (SSSR count). The molecule has 0 fully saturated rings. The molecule has 2 N–H and O–H groups in total. The molecule has 0 bridgehead atoms. The van der Waals surface area contributed by atoms with Crippen molar-refractivity contribution in [3.8, 4) is 0 Å². The molecule has 3 aromatic rings. The molecular formula is C15H12N4O3. The van der Waals surface area contributed by atoms with Gasteiger partial charge in [-0.25, -0.2) is 0 Å². The van der Waals surface area contributed by atoms with Crippen LogP contribution >= 0.6 is 0 Å². The summed E-state index contributed by atoms with van der Waals surface area (Å²) < 4.78 is 0. The van der Waals surface area contributed by atoms with E-state index in [0.717, 1.165) is 5.56 Å². The molecule has 0 spiro atoms. The highest BCUT2D eigenvalue weighted by Crippen LogP contribution is 2.22. The molecule has 0 aliphatic rings. The summed E-state index contributed by atoms with van der Waals surface area (Å²) in [5, 5.41) is 20.6. The molecule has 1 aromatic heterocycles. The molecule has 110 valence electrons. The Morgan fingerprint density at radius 1 is 1.23 bits per heavy atom. The quantitative estimate of drug-likeness (QED) is 0.573. The molecule has 0 unspecified atom stereocenters. The fraction of sp³-hybridized carbons (Fsp3) is 0.0667. The number of non-ortho nitro benzene ring substituents is 1. The number of H-pyrrole nitrogens is 1. The van der Waals surface area contributed by atoms with Crippen LogP contribution in [-0.2, 0) is 0 Å². The number of aromatic nitrogens is 2. The zero-order valence-corrected chi connectivity index (χ0v) is 11.7. The normalized spacial score (nSPS) is 10.6. The van der Waals surface area contributed by atoms with Crippen molar-refractivity contribution in [3.63, 3.8) is 0 Å². The lowest BCUT2D eigenvalue weighted by molar-refractivity contribution is -0.384. The Morgan fingerprint density at radius 2 is 1.95 bits per heavy atom. The number of aryl methyl sites for hydroxylation is 1. The van der Waals surface area contributed by atoms with E-state index in [0.29, 0.717) is 16.6 Å². The minimum absolute atomic E-state index is 0.0849. The molecule has 1 heterocycles. The van der Waals surface area contributed by atoms with Crippen LogP contribution in [0.5, 0.6) is 0 Å². The van der Waals surface area contributed by atoms with Crippen LogP contribution in [0, 0.1) is 17.0 Å². The van der Waals surface area contributed by atoms with Gasteiger partial charge in [-0.05, 0) is 25.1 Å². The predicted octanol–water partition coefficient (Wildman–Crippen LogP) is 3.03. The largest absolute Gasteiger partial charge is 0.321 e. The molecule has 7 heteroatoms. The van der Waals surface area contributed by atoms with Gasteiger partial charge >= 0.3 is 0 Å². The van der Waals surface area contributed by atoms with Gasteiger partial charge in [-0.15, -0.1) is 0 Å². The van der Waals surface area contributed by atoms with E-state index in [1.54, 1.807) is 12.1 Å². The van der Waals surface area contributed by atoms with Crippen LogP contribution in [0.2, 0.25) is 0 Å². The first kappa shape index (κ1) is 13.7. The summed E-state index contributed by atoms with van der Waals surface area (Å²) in [6.45, 7) is 1.95. The maximum absolute atomic E-state index is 12.3. The van der Waals surface area contributed by atoms with E-state index in [2.05, 4.69) is 15.5 Å². The van der Waals surface area contributed by atoms with E-state index >= 15 is 0 Å². The number of carbonyl (C=O) groups excluding carboxylic acids is 1. The number of carbonyl (C=O) groups is 1. The Kier molecular flexibility index (Phi) is 3.30. The lowest BCUT2D eigenvalue weighted by Gasteiger charge is -2.03. The minimum Gasteiger partial charge on any atom is -0.321 e. The number of nitro benzene ring substituents is 1. The van der Waals surface area contributed by atoms with Gasteiger partial charge in [0.25, 0.3) is 11.6 Å². The van der Waals surface area contributed by atoms with Crippen molar-refractivity contribution in [1.29, 1.82) is 0 Å². The summed E-state index contributed by atoms with van der Waals surface area (Å²) in [6, 6.07) is 11.6. The zero-order valence-electron chi connectivity index (χ0n) is 11.7. The fourth-order valence-electron chi connectivity index (χ4n) is 2.12. The molecule has 0 saturated heterocycles. The number of nitro groups is 1. The molecule has 22 heavy (non-hydrogen) atoms. The van der Waals surface area contributed by atoms with E-state index in [1.807, 2.05) is 19.1 Å². The van der Waals surface area contributed by atoms with Gasteiger partial charge in [0.15, 0.2) is 5.69 Å². The molecular weight excluding hydrogens is 284 g/mol. The first-order valence-electron chi connectivity index (χ1n) is 6.55. The third kappa shape index (κ3) is 2.51. The van der Waals surface area contributed by atoms with Crippen LogP contribution in [0.25, 0.3) is 10.9 Å². The van der Waals surface area contributed by atoms with Crippen molar-refractivity contribution in [2.24, 2.45) is 0 Å². The minimum atomic E-state index is -0.506. The van der Waals surface area contributed by atoms with E-state index in [-0.39, 0.29) is 11.4 Å². The van der Waals surface area contributed by atoms with Gasteiger partial charge in [0, 0.05) is 23.2 Å². The number of hydrogen-bond acceptors (Lipinski definition) is 4. The van der Waals surface area contributed by atoms with Crippen molar-refractivity contribution in [3.05, 3.63) is 63.8 Å². The highest BCUT2D eigenvalue weighted by Gasteiger charge is 2.17. The van der Waals surface area contributed by atoms with Crippen LogP contribution in [-0.4, -0.2) is 21.0 Å². The van der Waals surface area contributed by atoms with E-state index in [4.69, 9.17) is 0 Å². The molecule has 1 amide bonds. The van der Waals surface area contributed by atoms with Crippen molar-refractivity contribution in [2.75, 3.05) is 5.32 Å². The van der Waals surface area contributed by atoms with E-state index in [9.17, 15) is 14.9 Å². The molecule has 0 saturated carbocycles. The highest BCUT2D eigenvalue weighted by atomic mass is 16.6. The van der Waals surface area contributed by atoms with Crippen LogP contribution in [0.4, 0.5) is 11.4 Å². The summed E-state index contributed by atoms with van der Waals surface area (Å²) in [4.78, 5) is 22.6. The van der Waals surface area contributed by atoms with Gasteiger partial charge < -0.3 is 5.32 Å². The van der Waals surface area contributed by atoms with Crippen molar-refractivity contribution < 1.29 is 9.72 Å². The number of aromatic amines is 1. The van der Waals surface area contributed by atoms with Gasteiger partial charge in [-0.3, -0.25) is 20.0 Å². The second-order valence-electron chi connectivity index (χ2n) is 4.88. The molecule has 0 atom stereocenters. The van der Waals surface area contributed by atoms with Crippen molar-refractivity contribution in [1.82, 2.24) is 10.2 Å². The summed E-state index contributed by atoms with van der Waals surface area (Å²) in [7, 11) is 0. The van der Waals surface area contributed by atoms with Crippen molar-refractivity contribution >= 4 is 28.2 Å². The Hall–Kier alpha value is -3.22. The van der Waals surface area contributed by atoms with Crippen molar-refractivity contribution in [2.45, 2.75) is 6.92 Å². The molecule has 0 aliphatic carbocycles. The SMILES string of the molecule is Cc1ccc(NC(=O)c2n[nH]c3ccc([N+](=O)[O-])cc23)cc1. The first-order valence-corrected chi connectivity index (χ1v) is 6.55. The average molecular weight is 296 g/mol. The number of hydrogen-bond donors (Lipinski definition) is 2. The summed E-state index contributed by atoms with van der Waals surface area (Å²) in [5.74, 6) is -0.421. The number of rotatable bonds is 3. The number of nitrogens with zero attached hydrogens (tertiary/aromatic N) is 2. The summed E-state index contributed by atoms with van der Waals surface area (Å²) >= 11 is 0. The highest BCUT2D eigenvalue weighted by molar-refractivity contribution is 6.11. The van der Waals surface area contributed by atoms with Gasteiger partial charge in [0.1, 0.15) is 0 Å². The van der Waals surface area contributed by atoms with Gasteiger partial charge in [-0.2, -0.15) is 5.10 Å². The number of benzene rings is 2. The third-order valence-electron chi connectivity index (χ3n) is 3.28. The Bertz CT molecular complexity index is 868. The third-order valence-corrected chi connectivity index (χ3v) is 3.28. The topological polar surface area (TPSA) is 101 Å². The standard InChI is InChI=1S/C15H12N4O3/c1-9-2-4-10(5-3-9)16-15(20)14-12-8-11(19(21)22)6-7-13(12)17-18-14/h2-8H,1H3,(H,16,20)(H,17,18). The molecule has 2 aromatic carbocycles. The average Bonchev–Trinajstić information content (AvgIpc) is 2.92. The Balaban J connectivity index is 1.95. The van der Waals surface area contributed by atoms with Crippen LogP contribution in [0.3, 0.4) is 0 Å². The van der Waals surface area contributed by atoms with Gasteiger partial charge in [0.05, 0.1) is 10.4 Å². The molecule has 0 radical (unpaired) electrons. The van der Waals surface area contributed by atoms with Crippen LogP contribution < -0.4 is 5.32 Å². The summed E-state index contributed by atoms with van der Waals surface area (Å²) in [6.07, 6.45) is 0. The zero-order chi connectivity index (χ0) is 15.7. The number of nitrogens with one attached hydrogen (secondary N) is 2. The second-order valence-corrected chi connectivity index (χ2v) is 4.88. The van der Waals surface area contributed by atoms with Gasteiger partial charge in [-0.1, -0.05) is 17.7 Å². The maximum Gasteiger partial charge on any atom is 0.276 e. The lowest BCUT2D eigenvalue weighted by Crippen LogP contribution is -2.12. The number of anilines is 1. The monoisotopic (exact) mass is 296 g/mol. The molecule has 0 aliphatic heterocycles. The predicted molar refractivity (Wildman–Crippen MR) is 81.9 cm³/mol. The maximum atomic E-state index is 12.3. The fourth-order valence-corrected chi connectivity index (χ4v) is 2.12. The van der Waals surface area contributed by atoms with Crippen LogP contribution in [0.1, 0.15) is 16.1 Å². The number of amides is 1. The molecule has 7 nitrogen and oxygen atoms in total.